The maximum Gasteiger partial charge on any atom is 0.212 e. The summed E-state index contributed by atoms with van der Waals surface area (Å²) in [6.45, 7) is 5.61. The molecule has 0 amide bonds. The Morgan fingerprint density at radius 3 is 2.65 bits per heavy atom. The summed E-state index contributed by atoms with van der Waals surface area (Å²) >= 11 is 2.97. The van der Waals surface area contributed by atoms with Crippen molar-refractivity contribution in [1.29, 1.82) is 0 Å². The zero-order chi connectivity index (χ0) is 14.8. The Morgan fingerprint density at radius 2 is 2.10 bits per heavy atom. The van der Waals surface area contributed by atoms with Crippen LogP contribution in [-0.2, 0) is 16.4 Å². The van der Waals surface area contributed by atoms with Crippen molar-refractivity contribution in [3.63, 3.8) is 0 Å². The van der Waals surface area contributed by atoms with E-state index in [-0.39, 0.29) is 11.8 Å². The maximum absolute atomic E-state index is 12.1. The molecule has 2 rings (SSSR count). The minimum absolute atomic E-state index is 0.0741. The molecule has 2 aromatic heterocycles. The lowest BCUT2D eigenvalue weighted by atomic mass is 10.3. The van der Waals surface area contributed by atoms with E-state index in [9.17, 15) is 8.42 Å². The highest BCUT2D eigenvalue weighted by molar-refractivity contribution is 7.89. The number of sulfonamides is 1. The monoisotopic (exact) mass is 331 g/mol. The van der Waals surface area contributed by atoms with Crippen molar-refractivity contribution < 1.29 is 8.42 Å². The molecule has 1 atom stereocenters. The Kier molecular flexibility index (Phi) is 4.90. The Hall–Kier alpha value is -0.830. The highest BCUT2D eigenvalue weighted by atomic mass is 32.2. The molecule has 8 heteroatoms. The first-order valence-corrected chi connectivity index (χ1v) is 9.59. The van der Waals surface area contributed by atoms with Crippen LogP contribution in [0.1, 0.15) is 34.2 Å². The lowest BCUT2D eigenvalue weighted by molar-refractivity contribution is 0.565. The highest BCUT2D eigenvalue weighted by Gasteiger charge is 2.18. The molecular weight excluding hydrogens is 314 g/mol. The third kappa shape index (κ3) is 4.08. The minimum Gasteiger partial charge on any atom is -0.250 e. The quantitative estimate of drug-likeness (QED) is 0.882. The van der Waals surface area contributed by atoms with Gasteiger partial charge in [-0.25, -0.2) is 23.1 Å². The molecule has 20 heavy (non-hydrogen) atoms. The molecule has 0 saturated heterocycles. The molecular formula is C12H17N3O2S3. The third-order valence-corrected chi connectivity index (χ3v) is 6.40. The maximum atomic E-state index is 12.1. The van der Waals surface area contributed by atoms with Crippen molar-refractivity contribution in [2.75, 3.05) is 5.75 Å². The van der Waals surface area contributed by atoms with Crippen LogP contribution >= 0.6 is 22.7 Å². The molecule has 0 aliphatic rings. The molecule has 1 unspecified atom stereocenters. The van der Waals surface area contributed by atoms with Crippen LogP contribution in [0.2, 0.25) is 0 Å². The van der Waals surface area contributed by atoms with Gasteiger partial charge in [-0.05, 0) is 27.2 Å². The van der Waals surface area contributed by atoms with Gasteiger partial charge in [0.05, 0.1) is 23.0 Å². The predicted molar refractivity (Wildman–Crippen MR) is 82.7 cm³/mol. The Morgan fingerprint density at radius 1 is 1.35 bits per heavy atom. The first-order chi connectivity index (χ1) is 9.37. The van der Waals surface area contributed by atoms with Gasteiger partial charge in [0.2, 0.25) is 10.0 Å². The van der Waals surface area contributed by atoms with E-state index in [2.05, 4.69) is 14.7 Å². The number of hydrogen-bond acceptors (Lipinski definition) is 6. The molecule has 0 aliphatic heterocycles. The molecule has 2 aromatic rings. The summed E-state index contributed by atoms with van der Waals surface area (Å²) in [7, 11) is -3.32. The number of nitrogens with zero attached hydrogens (tertiary/aromatic N) is 2. The molecule has 0 aliphatic carbocycles. The van der Waals surface area contributed by atoms with Gasteiger partial charge in [-0.2, -0.15) is 0 Å². The second-order valence-corrected chi connectivity index (χ2v) is 8.30. The van der Waals surface area contributed by atoms with Crippen LogP contribution in [0.4, 0.5) is 0 Å². The average molecular weight is 331 g/mol. The summed E-state index contributed by atoms with van der Waals surface area (Å²) in [6.07, 6.45) is 0.495. The second-order valence-electron chi connectivity index (χ2n) is 4.60. The minimum atomic E-state index is -3.32. The molecule has 110 valence electrons. The van der Waals surface area contributed by atoms with Crippen LogP contribution in [0.25, 0.3) is 0 Å². The van der Waals surface area contributed by atoms with Gasteiger partial charge in [-0.15, -0.1) is 22.7 Å². The fourth-order valence-electron chi connectivity index (χ4n) is 1.74. The van der Waals surface area contributed by atoms with Crippen LogP contribution in [0.15, 0.2) is 10.9 Å². The number of thiazole rings is 2. The van der Waals surface area contributed by atoms with Crippen LogP contribution < -0.4 is 4.72 Å². The number of aromatic nitrogens is 2. The van der Waals surface area contributed by atoms with Gasteiger partial charge in [-0.1, -0.05) is 0 Å². The molecule has 0 saturated carbocycles. The fourth-order valence-corrected chi connectivity index (χ4v) is 4.77. The molecule has 0 radical (unpaired) electrons. The second kappa shape index (κ2) is 6.30. The summed E-state index contributed by atoms with van der Waals surface area (Å²) in [6, 6.07) is -0.291. The van der Waals surface area contributed by atoms with Gasteiger partial charge in [0.25, 0.3) is 0 Å². The number of hydrogen-bond donors (Lipinski definition) is 1. The number of nitrogens with one attached hydrogen (secondary N) is 1. The summed E-state index contributed by atoms with van der Waals surface area (Å²) in [5.74, 6) is 0.0741. The van der Waals surface area contributed by atoms with Crippen molar-refractivity contribution in [1.82, 2.24) is 14.7 Å². The third-order valence-electron chi connectivity index (χ3n) is 2.81. The smallest absolute Gasteiger partial charge is 0.212 e. The molecule has 2 heterocycles. The summed E-state index contributed by atoms with van der Waals surface area (Å²) in [5, 5.41) is 2.71. The van der Waals surface area contributed by atoms with Gasteiger partial charge in [0.15, 0.2) is 0 Å². The normalized spacial score (nSPS) is 13.6. The predicted octanol–water partition coefficient (Wildman–Crippen LogP) is 2.44. The van der Waals surface area contributed by atoms with Crippen molar-refractivity contribution >= 4 is 32.7 Å². The van der Waals surface area contributed by atoms with E-state index < -0.39 is 10.0 Å². The van der Waals surface area contributed by atoms with Crippen LogP contribution in [-0.4, -0.2) is 24.1 Å². The van der Waals surface area contributed by atoms with Gasteiger partial charge in [0, 0.05) is 16.0 Å². The standard InChI is InChI=1S/C12H17N3O2S3/c1-8-6-18-12(14-8)10(3)15-20(16,17)5-4-11-9(2)13-7-19-11/h6-7,10,15H,4-5H2,1-3H3. The van der Waals surface area contributed by atoms with E-state index in [1.165, 1.54) is 22.7 Å². The zero-order valence-corrected chi connectivity index (χ0v) is 14.0. The summed E-state index contributed by atoms with van der Waals surface area (Å²) < 4.78 is 26.8. The van der Waals surface area contributed by atoms with E-state index in [0.717, 1.165) is 21.3 Å². The molecule has 1 N–H and O–H groups in total. The zero-order valence-electron chi connectivity index (χ0n) is 11.6. The van der Waals surface area contributed by atoms with Crippen molar-refractivity contribution in [3.8, 4) is 0 Å². The van der Waals surface area contributed by atoms with E-state index in [4.69, 9.17) is 0 Å². The van der Waals surface area contributed by atoms with Crippen LogP contribution in [0, 0.1) is 13.8 Å². The Balaban J connectivity index is 1.95. The van der Waals surface area contributed by atoms with E-state index in [0.29, 0.717) is 6.42 Å². The average Bonchev–Trinajstić information content (AvgIpc) is 2.95. The lowest BCUT2D eigenvalue weighted by Crippen LogP contribution is -2.29. The van der Waals surface area contributed by atoms with Gasteiger partial charge >= 0.3 is 0 Å². The highest BCUT2D eigenvalue weighted by Crippen LogP contribution is 2.19. The first kappa shape index (κ1) is 15.6. The first-order valence-electron chi connectivity index (χ1n) is 6.18. The Labute approximate surface area is 127 Å². The van der Waals surface area contributed by atoms with Crippen molar-refractivity contribution in [2.24, 2.45) is 0 Å². The van der Waals surface area contributed by atoms with E-state index >= 15 is 0 Å². The van der Waals surface area contributed by atoms with E-state index in [1.807, 2.05) is 26.2 Å². The SMILES string of the molecule is Cc1csc(C(C)NS(=O)(=O)CCc2scnc2C)n1. The fraction of sp³-hybridized carbons (Fsp3) is 0.500. The van der Waals surface area contributed by atoms with Crippen molar-refractivity contribution in [2.45, 2.75) is 33.2 Å². The number of rotatable bonds is 6. The van der Waals surface area contributed by atoms with Crippen molar-refractivity contribution in [3.05, 3.63) is 32.2 Å². The molecule has 0 fully saturated rings. The van der Waals surface area contributed by atoms with Gasteiger partial charge in [-0.3, -0.25) is 0 Å². The Bertz CT molecular complexity index is 676. The molecule has 0 aromatic carbocycles. The van der Waals surface area contributed by atoms with Crippen LogP contribution in [0.5, 0.6) is 0 Å². The number of aryl methyl sites for hydroxylation is 3. The summed E-state index contributed by atoms with van der Waals surface area (Å²) in [5.41, 5.74) is 3.57. The van der Waals surface area contributed by atoms with Crippen LogP contribution in [0.3, 0.4) is 0 Å². The summed E-state index contributed by atoms with van der Waals surface area (Å²) in [4.78, 5) is 9.45. The topological polar surface area (TPSA) is 72.0 Å². The van der Waals surface area contributed by atoms with Gasteiger partial charge in [0.1, 0.15) is 5.01 Å². The van der Waals surface area contributed by atoms with E-state index in [1.54, 1.807) is 5.51 Å². The lowest BCUT2D eigenvalue weighted by Gasteiger charge is -2.11. The molecule has 0 bridgehead atoms. The molecule has 0 spiro atoms. The largest absolute Gasteiger partial charge is 0.250 e. The molecule has 5 nitrogen and oxygen atoms in total. The van der Waals surface area contributed by atoms with Gasteiger partial charge < -0.3 is 0 Å².